The molecule has 0 aliphatic heterocycles. The van der Waals surface area contributed by atoms with E-state index in [-0.39, 0.29) is 18.0 Å². The molecular weight excluding hydrogens is 236 g/mol. The van der Waals surface area contributed by atoms with Crippen LogP contribution < -0.4 is 11.1 Å². The number of rotatable bonds is 5. The first-order valence-electron chi connectivity index (χ1n) is 7.29. The second-order valence-electron chi connectivity index (χ2n) is 5.58. The number of amides is 1. The summed E-state index contributed by atoms with van der Waals surface area (Å²) in [7, 11) is 0. The third-order valence-electron chi connectivity index (χ3n) is 4.14. The number of nitrogens with two attached hydrogens (primary N) is 1. The van der Waals surface area contributed by atoms with E-state index >= 15 is 0 Å². The van der Waals surface area contributed by atoms with Gasteiger partial charge in [-0.25, -0.2) is 0 Å². The summed E-state index contributed by atoms with van der Waals surface area (Å²) in [6, 6.07) is 10.4. The van der Waals surface area contributed by atoms with Crippen molar-refractivity contribution >= 4 is 5.91 Å². The Morgan fingerprint density at radius 2 is 1.84 bits per heavy atom. The largest absolute Gasteiger partial charge is 0.368 e. The van der Waals surface area contributed by atoms with Gasteiger partial charge in [0.1, 0.15) is 0 Å². The molecule has 0 saturated heterocycles. The van der Waals surface area contributed by atoms with Crippen LogP contribution in [0.5, 0.6) is 0 Å². The summed E-state index contributed by atoms with van der Waals surface area (Å²) >= 11 is 0. The molecule has 1 amide bonds. The van der Waals surface area contributed by atoms with Gasteiger partial charge in [-0.3, -0.25) is 10.1 Å². The minimum Gasteiger partial charge on any atom is -0.368 e. The number of benzene rings is 1. The van der Waals surface area contributed by atoms with Gasteiger partial charge < -0.3 is 5.73 Å². The molecule has 0 spiro atoms. The van der Waals surface area contributed by atoms with Gasteiger partial charge in [-0.15, -0.1) is 0 Å². The molecule has 0 heterocycles. The average molecular weight is 260 g/mol. The van der Waals surface area contributed by atoms with Crippen LogP contribution in [-0.4, -0.2) is 11.9 Å². The van der Waals surface area contributed by atoms with Gasteiger partial charge in [-0.1, -0.05) is 49.6 Å². The summed E-state index contributed by atoms with van der Waals surface area (Å²) in [5, 5.41) is 3.43. The second kappa shape index (κ2) is 6.71. The number of nitrogens with one attached hydrogen (secondary N) is 1. The van der Waals surface area contributed by atoms with E-state index in [0.717, 1.165) is 0 Å². The second-order valence-corrected chi connectivity index (χ2v) is 5.58. The van der Waals surface area contributed by atoms with E-state index in [4.69, 9.17) is 5.73 Å². The van der Waals surface area contributed by atoms with Crippen LogP contribution in [0, 0.1) is 5.92 Å². The van der Waals surface area contributed by atoms with Gasteiger partial charge >= 0.3 is 0 Å². The quantitative estimate of drug-likeness (QED) is 0.855. The minimum atomic E-state index is -0.285. The molecule has 0 radical (unpaired) electrons. The highest BCUT2D eigenvalue weighted by molar-refractivity contribution is 5.79. The summed E-state index contributed by atoms with van der Waals surface area (Å²) in [5.41, 5.74) is 6.66. The Bertz CT molecular complexity index is 398. The highest BCUT2D eigenvalue weighted by Crippen LogP contribution is 2.34. The summed E-state index contributed by atoms with van der Waals surface area (Å²) in [6.45, 7) is 1.85. The standard InChI is InChI=1S/C16H24N2O/c1-12(16(17)19)18-15(13-8-4-2-5-9-13)14-10-6-3-7-11-14/h2,4-5,8-9,12,14-15,18H,3,6-7,10-11H2,1H3,(H2,17,19). The third kappa shape index (κ3) is 3.80. The van der Waals surface area contributed by atoms with Gasteiger partial charge in [-0.2, -0.15) is 0 Å². The molecule has 2 unspecified atom stereocenters. The normalized spacial score (nSPS) is 19.8. The van der Waals surface area contributed by atoms with Crippen molar-refractivity contribution in [3.05, 3.63) is 35.9 Å². The molecule has 3 nitrogen and oxygen atoms in total. The Balaban J connectivity index is 2.15. The van der Waals surface area contributed by atoms with E-state index in [1.54, 1.807) is 0 Å². The van der Waals surface area contributed by atoms with Crippen LogP contribution in [0.1, 0.15) is 50.6 Å². The lowest BCUT2D eigenvalue weighted by Crippen LogP contribution is -2.43. The number of carbonyl (C=O) groups excluding carboxylic acids is 1. The fourth-order valence-corrected chi connectivity index (χ4v) is 2.98. The molecule has 19 heavy (non-hydrogen) atoms. The topological polar surface area (TPSA) is 55.1 Å². The lowest BCUT2D eigenvalue weighted by molar-refractivity contribution is -0.119. The fourth-order valence-electron chi connectivity index (χ4n) is 2.98. The van der Waals surface area contributed by atoms with Crippen molar-refractivity contribution in [1.82, 2.24) is 5.32 Å². The molecule has 3 N–H and O–H groups in total. The molecule has 2 atom stereocenters. The van der Waals surface area contributed by atoms with Crippen molar-refractivity contribution in [2.24, 2.45) is 11.7 Å². The Hall–Kier alpha value is -1.35. The molecule has 0 aromatic heterocycles. The highest BCUT2D eigenvalue weighted by atomic mass is 16.1. The smallest absolute Gasteiger partial charge is 0.234 e. The predicted octanol–water partition coefficient (Wildman–Crippen LogP) is 2.77. The molecule has 1 aliphatic carbocycles. The first-order valence-corrected chi connectivity index (χ1v) is 7.29. The molecule has 0 bridgehead atoms. The molecule has 3 heteroatoms. The van der Waals surface area contributed by atoms with Crippen LogP contribution in [0.4, 0.5) is 0 Å². The third-order valence-corrected chi connectivity index (χ3v) is 4.14. The fraction of sp³-hybridized carbons (Fsp3) is 0.562. The van der Waals surface area contributed by atoms with Gasteiger partial charge in [0.2, 0.25) is 5.91 Å². The van der Waals surface area contributed by atoms with Crippen molar-refractivity contribution in [3.63, 3.8) is 0 Å². The van der Waals surface area contributed by atoms with Crippen molar-refractivity contribution in [3.8, 4) is 0 Å². The first-order chi connectivity index (χ1) is 9.18. The van der Waals surface area contributed by atoms with Gasteiger partial charge in [0.15, 0.2) is 0 Å². The maximum Gasteiger partial charge on any atom is 0.234 e. The van der Waals surface area contributed by atoms with Gasteiger partial charge in [0.05, 0.1) is 6.04 Å². The van der Waals surface area contributed by atoms with E-state index < -0.39 is 0 Å². The minimum absolute atomic E-state index is 0.240. The van der Waals surface area contributed by atoms with E-state index in [0.29, 0.717) is 5.92 Å². The zero-order valence-electron chi connectivity index (χ0n) is 11.6. The molecule has 1 aliphatic rings. The zero-order chi connectivity index (χ0) is 13.7. The monoisotopic (exact) mass is 260 g/mol. The molecule has 1 fully saturated rings. The number of primary amides is 1. The number of carbonyl (C=O) groups is 1. The lowest BCUT2D eigenvalue weighted by atomic mass is 9.81. The number of hydrogen-bond donors (Lipinski definition) is 2. The maximum atomic E-state index is 11.3. The van der Waals surface area contributed by atoms with E-state index in [1.165, 1.54) is 37.7 Å². The molecule has 1 saturated carbocycles. The van der Waals surface area contributed by atoms with Gasteiger partial charge in [0.25, 0.3) is 0 Å². The molecule has 2 rings (SSSR count). The van der Waals surface area contributed by atoms with Crippen LogP contribution in [0.2, 0.25) is 0 Å². The van der Waals surface area contributed by atoms with Crippen LogP contribution in [0.3, 0.4) is 0 Å². The Labute approximate surface area is 115 Å². The summed E-state index contributed by atoms with van der Waals surface area (Å²) < 4.78 is 0. The Morgan fingerprint density at radius 1 is 1.21 bits per heavy atom. The van der Waals surface area contributed by atoms with Crippen LogP contribution in [0.15, 0.2) is 30.3 Å². The predicted molar refractivity (Wildman–Crippen MR) is 77.6 cm³/mol. The number of hydrogen-bond acceptors (Lipinski definition) is 2. The molecule has 104 valence electrons. The van der Waals surface area contributed by atoms with E-state index in [9.17, 15) is 4.79 Å². The van der Waals surface area contributed by atoms with Gasteiger partial charge in [0, 0.05) is 6.04 Å². The van der Waals surface area contributed by atoms with Crippen molar-refractivity contribution < 1.29 is 4.79 Å². The van der Waals surface area contributed by atoms with E-state index in [2.05, 4.69) is 29.6 Å². The Morgan fingerprint density at radius 3 is 2.42 bits per heavy atom. The maximum absolute atomic E-state index is 11.3. The van der Waals surface area contributed by atoms with Crippen molar-refractivity contribution in [2.45, 2.75) is 51.1 Å². The van der Waals surface area contributed by atoms with Crippen molar-refractivity contribution in [2.75, 3.05) is 0 Å². The average Bonchev–Trinajstić information content (AvgIpc) is 2.46. The lowest BCUT2D eigenvalue weighted by Gasteiger charge is -2.33. The van der Waals surface area contributed by atoms with Gasteiger partial charge in [-0.05, 0) is 31.2 Å². The molecular formula is C16H24N2O. The molecule has 1 aromatic rings. The highest BCUT2D eigenvalue weighted by Gasteiger charge is 2.27. The Kier molecular flexibility index (Phi) is 4.97. The SMILES string of the molecule is CC(NC(c1ccccc1)C1CCCCC1)C(N)=O. The summed E-state index contributed by atoms with van der Waals surface area (Å²) in [4.78, 5) is 11.3. The van der Waals surface area contributed by atoms with Crippen LogP contribution in [0.25, 0.3) is 0 Å². The van der Waals surface area contributed by atoms with Crippen LogP contribution >= 0.6 is 0 Å². The summed E-state index contributed by atoms with van der Waals surface area (Å²) in [6.07, 6.45) is 6.39. The summed E-state index contributed by atoms with van der Waals surface area (Å²) in [5.74, 6) is 0.328. The van der Waals surface area contributed by atoms with Crippen molar-refractivity contribution in [1.29, 1.82) is 0 Å². The van der Waals surface area contributed by atoms with Crippen LogP contribution in [-0.2, 0) is 4.79 Å². The molecule has 1 aromatic carbocycles. The van der Waals surface area contributed by atoms with E-state index in [1.807, 2.05) is 13.0 Å². The zero-order valence-corrected chi connectivity index (χ0v) is 11.6. The first kappa shape index (κ1) is 14.1.